The van der Waals surface area contributed by atoms with E-state index in [0.717, 1.165) is 0 Å². The number of rotatable bonds is 5. The zero-order chi connectivity index (χ0) is 12.2. The molecule has 7 heteroatoms. The van der Waals surface area contributed by atoms with Crippen LogP contribution in [0.5, 0.6) is 0 Å². The molecule has 0 aromatic carbocycles. The van der Waals surface area contributed by atoms with Gasteiger partial charge in [-0.1, -0.05) is 6.92 Å². The second-order valence-electron chi connectivity index (χ2n) is 3.44. The fourth-order valence-corrected chi connectivity index (χ4v) is 2.51. The van der Waals surface area contributed by atoms with Gasteiger partial charge in [0.15, 0.2) is 0 Å². The molecule has 6 nitrogen and oxygen atoms in total. The standard InChI is InChI=1S/C9H14N4O2S/c1-3-8(4-5-10)12-16(14,15)9-6-11-13(2)7-9/h6-8,12H,3-4H2,1-2H3. The van der Waals surface area contributed by atoms with Crippen molar-refractivity contribution in [2.45, 2.75) is 30.7 Å². The third kappa shape index (κ3) is 3.05. The van der Waals surface area contributed by atoms with Crippen molar-refractivity contribution in [2.24, 2.45) is 7.05 Å². The van der Waals surface area contributed by atoms with Crippen LogP contribution in [0, 0.1) is 11.3 Å². The lowest BCUT2D eigenvalue weighted by Crippen LogP contribution is -2.33. The number of nitrogens with zero attached hydrogens (tertiary/aromatic N) is 3. The number of nitrogens with one attached hydrogen (secondary N) is 1. The van der Waals surface area contributed by atoms with E-state index in [2.05, 4.69) is 9.82 Å². The summed E-state index contributed by atoms with van der Waals surface area (Å²) in [6.45, 7) is 1.83. The summed E-state index contributed by atoms with van der Waals surface area (Å²) >= 11 is 0. The zero-order valence-electron chi connectivity index (χ0n) is 9.21. The van der Waals surface area contributed by atoms with Crippen molar-refractivity contribution in [3.05, 3.63) is 12.4 Å². The van der Waals surface area contributed by atoms with Crippen molar-refractivity contribution in [1.82, 2.24) is 14.5 Å². The van der Waals surface area contributed by atoms with Gasteiger partial charge < -0.3 is 0 Å². The monoisotopic (exact) mass is 242 g/mol. The average Bonchev–Trinajstić information content (AvgIpc) is 2.64. The molecule has 1 heterocycles. The van der Waals surface area contributed by atoms with Crippen molar-refractivity contribution in [3.63, 3.8) is 0 Å². The smallest absolute Gasteiger partial charge is 0.243 e. The summed E-state index contributed by atoms with van der Waals surface area (Å²) in [5.74, 6) is 0. The average molecular weight is 242 g/mol. The van der Waals surface area contributed by atoms with Crippen LogP contribution in [0.15, 0.2) is 17.3 Å². The second-order valence-corrected chi connectivity index (χ2v) is 5.15. The first-order valence-corrected chi connectivity index (χ1v) is 6.36. The number of aromatic nitrogens is 2. The van der Waals surface area contributed by atoms with Crippen LogP contribution in [0.2, 0.25) is 0 Å². The highest BCUT2D eigenvalue weighted by Crippen LogP contribution is 2.09. The molecule has 88 valence electrons. The fourth-order valence-electron chi connectivity index (χ4n) is 1.20. The van der Waals surface area contributed by atoms with Gasteiger partial charge in [0.2, 0.25) is 10.0 Å². The van der Waals surface area contributed by atoms with E-state index >= 15 is 0 Å². The van der Waals surface area contributed by atoms with Crippen LogP contribution < -0.4 is 4.72 Å². The second kappa shape index (κ2) is 5.09. The molecule has 1 aromatic heterocycles. The Hall–Kier alpha value is -1.39. The van der Waals surface area contributed by atoms with E-state index in [9.17, 15) is 8.42 Å². The molecule has 0 bridgehead atoms. The first kappa shape index (κ1) is 12.7. The van der Waals surface area contributed by atoms with Crippen molar-refractivity contribution in [1.29, 1.82) is 5.26 Å². The maximum absolute atomic E-state index is 11.8. The van der Waals surface area contributed by atoms with Gasteiger partial charge in [0.1, 0.15) is 4.90 Å². The van der Waals surface area contributed by atoms with E-state index in [0.29, 0.717) is 6.42 Å². The summed E-state index contributed by atoms with van der Waals surface area (Å²) in [4.78, 5) is 0.117. The number of hydrogen-bond donors (Lipinski definition) is 1. The SMILES string of the molecule is CCC(CC#N)NS(=O)(=O)c1cnn(C)c1. The Bertz CT molecular complexity index is 486. The highest BCUT2D eigenvalue weighted by molar-refractivity contribution is 7.89. The van der Waals surface area contributed by atoms with E-state index < -0.39 is 10.0 Å². The first-order chi connectivity index (χ1) is 7.49. The van der Waals surface area contributed by atoms with Gasteiger partial charge in [0.05, 0.1) is 18.7 Å². The molecule has 0 fully saturated rings. The molecule has 1 aromatic rings. The van der Waals surface area contributed by atoms with Gasteiger partial charge >= 0.3 is 0 Å². The van der Waals surface area contributed by atoms with E-state index in [4.69, 9.17) is 5.26 Å². The van der Waals surface area contributed by atoms with Gasteiger partial charge in [0, 0.05) is 19.3 Å². The van der Waals surface area contributed by atoms with Crippen LogP contribution in [0.25, 0.3) is 0 Å². The topological polar surface area (TPSA) is 87.8 Å². The lowest BCUT2D eigenvalue weighted by Gasteiger charge is -2.12. The highest BCUT2D eigenvalue weighted by atomic mass is 32.2. The van der Waals surface area contributed by atoms with Crippen LogP contribution >= 0.6 is 0 Å². The molecular formula is C9H14N4O2S. The van der Waals surface area contributed by atoms with Gasteiger partial charge in [0.25, 0.3) is 0 Å². The van der Waals surface area contributed by atoms with Crippen molar-refractivity contribution >= 4 is 10.0 Å². The molecule has 0 aliphatic heterocycles. The summed E-state index contributed by atoms with van der Waals surface area (Å²) in [7, 11) is -1.91. The molecular weight excluding hydrogens is 228 g/mol. The fraction of sp³-hybridized carbons (Fsp3) is 0.556. The Kier molecular flexibility index (Phi) is 4.04. The summed E-state index contributed by atoms with van der Waals surface area (Å²) in [5, 5.41) is 12.3. The Morgan fingerprint density at radius 2 is 2.38 bits per heavy atom. The van der Waals surface area contributed by atoms with Crippen LogP contribution in [-0.4, -0.2) is 24.2 Å². The number of nitriles is 1. The molecule has 1 N–H and O–H groups in total. The molecule has 1 unspecified atom stereocenters. The normalized spacial score (nSPS) is 13.3. The van der Waals surface area contributed by atoms with Gasteiger partial charge in [-0.3, -0.25) is 4.68 Å². The van der Waals surface area contributed by atoms with Gasteiger partial charge in [-0.15, -0.1) is 0 Å². The van der Waals surface area contributed by atoms with E-state index in [-0.39, 0.29) is 17.4 Å². The Balaban J connectivity index is 2.83. The molecule has 0 spiro atoms. The van der Waals surface area contributed by atoms with Crippen molar-refractivity contribution in [3.8, 4) is 6.07 Å². The van der Waals surface area contributed by atoms with Crippen molar-refractivity contribution in [2.75, 3.05) is 0 Å². The van der Waals surface area contributed by atoms with E-state index in [1.165, 1.54) is 17.1 Å². The molecule has 0 aliphatic rings. The third-order valence-corrected chi connectivity index (χ3v) is 3.62. The molecule has 0 amide bonds. The lowest BCUT2D eigenvalue weighted by atomic mass is 10.2. The third-order valence-electron chi connectivity index (χ3n) is 2.14. The largest absolute Gasteiger partial charge is 0.274 e. The highest BCUT2D eigenvalue weighted by Gasteiger charge is 2.20. The number of sulfonamides is 1. The predicted molar refractivity (Wildman–Crippen MR) is 57.8 cm³/mol. The molecule has 0 saturated carbocycles. The molecule has 0 aliphatic carbocycles. The summed E-state index contributed by atoms with van der Waals surface area (Å²) in [5.41, 5.74) is 0. The number of hydrogen-bond acceptors (Lipinski definition) is 4. The van der Waals surface area contributed by atoms with Crippen LogP contribution in [0.1, 0.15) is 19.8 Å². The van der Waals surface area contributed by atoms with Crippen LogP contribution in [0.4, 0.5) is 0 Å². The maximum Gasteiger partial charge on any atom is 0.243 e. The van der Waals surface area contributed by atoms with Gasteiger partial charge in [-0.25, -0.2) is 13.1 Å². The Morgan fingerprint density at radius 3 is 2.81 bits per heavy atom. The number of aryl methyl sites for hydroxylation is 1. The summed E-state index contributed by atoms with van der Waals surface area (Å²) in [6, 6.07) is 1.60. The first-order valence-electron chi connectivity index (χ1n) is 4.87. The van der Waals surface area contributed by atoms with Gasteiger partial charge in [-0.2, -0.15) is 10.4 Å². The summed E-state index contributed by atoms with van der Waals surface area (Å²) in [6.07, 6.45) is 3.44. The van der Waals surface area contributed by atoms with Gasteiger partial charge in [-0.05, 0) is 6.42 Å². The Labute approximate surface area is 94.9 Å². The molecule has 1 atom stereocenters. The maximum atomic E-state index is 11.8. The lowest BCUT2D eigenvalue weighted by molar-refractivity contribution is 0.543. The minimum Gasteiger partial charge on any atom is -0.274 e. The van der Waals surface area contributed by atoms with Crippen LogP contribution in [0.3, 0.4) is 0 Å². The van der Waals surface area contributed by atoms with E-state index in [1.54, 1.807) is 7.05 Å². The zero-order valence-corrected chi connectivity index (χ0v) is 10.0. The minimum atomic E-state index is -3.56. The quantitative estimate of drug-likeness (QED) is 0.809. The van der Waals surface area contributed by atoms with E-state index in [1.807, 2.05) is 13.0 Å². The summed E-state index contributed by atoms with van der Waals surface area (Å²) < 4.78 is 27.5. The minimum absolute atomic E-state index is 0.117. The molecule has 16 heavy (non-hydrogen) atoms. The predicted octanol–water partition coefficient (Wildman–Crippen LogP) is 0.391. The molecule has 0 radical (unpaired) electrons. The van der Waals surface area contributed by atoms with Crippen molar-refractivity contribution < 1.29 is 8.42 Å². The molecule has 0 saturated heterocycles. The molecule has 1 rings (SSSR count). The Morgan fingerprint density at radius 1 is 1.69 bits per heavy atom. The van der Waals surface area contributed by atoms with Crippen LogP contribution in [-0.2, 0) is 17.1 Å².